The van der Waals surface area contributed by atoms with Gasteiger partial charge in [-0.1, -0.05) is 53.9 Å². The molecule has 4 saturated carbocycles. The second-order valence-corrected chi connectivity index (χ2v) is 16.2. The summed E-state index contributed by atoms with van der Waals surface area (Å²) >= 11 is 0. The van der Waals surface area contributed by atoms with E-state index in [1.165, 1.54) is 64.7 Å². The summed E-state index contributed by atoms with van der Waals surface area (Å²) in [6, 6.07) is -0.872. The Balaban J connectivity index is 1.23. The molecule has 7 heteroatoms. The van der Waals surface area contributed by atoms with E-state index in [0.29, 0.717) is 16.7 Å². The van der Waals surface area contributed by atoms with Crippen LogP contribution in [0.1, 0.15) is 119 Å². The standard InChI is InChI=1S/C35H61NO6/c1-20(2)8-7-9-21(3)26-12-13-27-25-11-10-23-18-24(14-16-34(23,5)28(25)15-17-35(26,27)6)41-33-30(36-22(4)38)32(40)31(39)29(19-37)42-33/h20-21,23-33,37,39-40H,7-19H2,1-6H3,(H,36,38)/t21-,23+,24+,25+,26-,27+,28+,29-,30-,31-,32-,33-,34+,35-/m1/s1. The SMILES string of the molecule is CC(=O)N[C@H]1[C@H](O[C@H]2CC[C@@]3(C)[C@@H](CC[C@@H]4[C@@H]3CC[C@]3(C)[C@@H]([C@H](C)CCCC(C)C)CC[C@@H]43)C2)O[C@H](CO)[C@@H](O)[C@@H]1O. The first-order chi connectivity index (χ1) is 19.9. The molecule has 0 aromatic heterocycles. The van der Waals surface area contributed by atoms with Gasteiger partial charge in [-0.2, -0.15) is 0 Å². The molecule has 0 bridgehead atoms. The van der Waals surface area contributed by atoms with E-state index < -0.39 is 37.3 Å². The van der Waals surface area contributed by atoms with Crippen LogP contribution in [-0.4, -0.2) is 64.6 Å². The lowest BCUT2D eigenvalue weighted by atomic mass is 9.44. The smallest absolute Gasteiger partial charge is 0.217 e. The minimum atomic E-state index is -1.29. The van der Waals surface area contributed by atoms with Gasteiger partial charge < -0.3 is 30.1 Å². The molecule has 5 rings (SSSR count). The molecule has 5 aliphatic rings. The van der Waals surface area contributed by atoms with E-state index in [0.717, 1.165) is 54.8 Å². The highest BCUT2D eigenvalue weighted by molar-refractivity contribution is 5.73. The third-order valence-corrected chi connectivity index (χ3v) is 13.4. The van der Waals surface area contributed by atoms with Crippen molar-refractivity contribution in [3.63, 3.8) is 0 Å². The van der Waals surface area contributed by atoms with E-state index >= 15 is 0 Å². The van der Waals surface area contributed by atoms with Gasteiger partial charge in [0.1, 0.15) is 24.4 Å². The average molecular weight is 592 g/mol. The van der Waals surface area contributed by atoms with E-state index in [1.54, 1.807) is 0 Å². The molecule has 1 saturated heterocycles. The number of amides is 1. The number of nitrogens with one attached hydrogen (secondary N) is 1. The number of fused-ring (bicyclic) bond motifs is 5. The molecule has 0 aromatic rings. The Labute approximate surface area is 254 Å². The molecular formula is C35H61NO6. The van der Waals surface area contributed by atoms with E-state index in [4.69, 9.17) is 9.47 Å². The van der Waals surface area contributed by atoms with Crippen molar-refractivity contribution in [2.75, 3.05) is 6.61 Å². The summed E-state index contributed by atoms with van der Waals surface area (Å²) in [4.78, 5) is 11.9. The van der Waals surface area contributed by atoms with E-state index in [-0.39, 0.29) is 12.0 Å². The highest BCUT2D eigenvalue weighted by Crippen LogP contribution is 2.68. The van der Waals surface area contributed by atoms with Crippen LogP contribution >= 0.6 is 0 Å². The number of aliphatic hydroxyl groups is 3. The van der Waals surface area contributed by atoms with Gasteiger partial charge in [0.2, 0.25) is 5.91 Å². The molecule has 1 aliphatic heterocycles. The van der Waals surface area contributed by atoms with Crippen LogP contribution in [-0.2, 0) is 14.3 Å². The quantitative estimate of drug-likeness (QED) is 0.266. The molecule has 0 spiro atoms. The Morgan fingerprint density at radius 1 is 0.952 bits per heavy atom. The fourth-order valence-electron chi connectivity index (χ4n) is 11.1. The van der Waals surface area contributed by atoms with Gasteiger partial charge in [0.15, 0.2) is 6.29 Å². The number of carbonyl (C=O) groups excluding carboxylic acids is 1. The second kappa shape index (κ2) is 12.9. The monoisotopic (exact) mass is 591 g/mol. The summed E-state index contributed by atoms with van der Waals surface area (Å²) in [7, 11) is 0. The van der Waals surface area contributed by atoms with Crippen molar-refractivity contribution in [1.29, 1.82) is 0 Å². The molecular weight excluding hydrogens is 530 g/mol. The topological polar surface area (TPSA) is 108 Å². The van der Waals surface area contributed by atoms with Crippen molar-refractivity contribution in [3.05, 3.63) is 0 Å². The Morgan fingerprint density at radius 3 is 2.36 bits per heavy atom. The number of hydrogen-bond acceptors (Lipinski definition) is 6. The third-order valence-electron chi connectivity index (χ3n) is 13.4. The van der Waals surface area contributed by atoms with Crippen LogP contribution in [0.25, 0.3) is 0 Å². The Hall–Kier alpha value is -0.730. The fourth-order valence-corrected chi connectivity index (χ4v) is 11.1. The third kappa shape index (κ3) is 6.08. The van der Waals surface area contributed by atoms with Crippen molar-refractivity contribution >= 4 is 5.91 Å². The zero-order valence-corrected chi connectivity index (χ0v) is 27.3. The molecule has 14 atom stereocenters. The molecule has 4 aliphatic carbocycles. The van der Waals surface area contributed by atoms with Crippen LogP contribution in [0.15, 0.2) is 0 Å². The molecule has 0 aromatic carbocycles. The maximum atomic E-state index is 11.9. The molecule has 0 unspecified atom stereocenters. The number of rotatable bonds is 9. The van der Waals surface area contributed by atoms with Gasteiger partial charge >= 0.3 is 0 Å². The van der Waals surface area contributed by atoms with Crippen molar-refractivity contribution in [2.45, 2.75) is 155 Å². The van der Waals surface area contributed by atoms with Crippen LogP contribution in [0.3, 0.4) is 0 Å². The number of carbonyl (C=O) groups is 1. The molecule has 5 fully saturated rings. The summed E-state index contributed by atoms with van der Waals surface area (Å²) in [6.45, 7) is 13.5. The minimum absolute atomic E-state index is 0.0286. The van der Waals surface area contributed by atoms with Gasteiger partial charge in [-0.15, -0.1) is 0 Å². The van der Waals surface area contributed by atoms with Gasteiger partial charge in [-0.25, -0.2) is 0 Å². The van der Waals surface area contributed by atoms with E-state index in [1.807, 2.05) is 0 Å². The summed E-state index contributed by atoms with van der Waals surface area (Å²) in [5, 5.41) is 33.5. The molecule has 242 valence electrons. The van der Waals surface area contributed by atoms with Gasteiger partial charge in [-0.3, -0.25) is 4.79 Å². The van der Waals surface area contributed by atoms with Crippen LogP contribution in [0.2, 0.25) is 0 Å². The number of ether oxygens (including phenoxy) is 2. The Kier molecular flexibility index (Phi) is 10.1. The van der Waals surface area contributed by atoms with Crippen LogP contribution in [0, 0.1) is 52.3 Å². The highest BCUT2D eigenvalue weighted by Gasteiger charge is 2.61. The molecule has 0 radical (unpaired) electrons. The zero-order chi connectivity index (χ0) is 30.4. The summed E-state index contributed by atoms with van der Waals surface area (Å²) in [5.41, 5.74) is 0.840. The lowest BCUT2D eigenvalue weighted by Crippen LogP contribution is -2.65. The molecule has 1 amide bonds. The van der Waals surface area contributed by atoms with Gasteiger partial charge in [-0.05, 0) is 110 Å². The fraction of sp³-hybridized carbons (Fsp3) is 0.971. The van der Waals surface area contributed by atoms with Crippen molar-refractivity contribution in [1.82, 2.24) is 5.32 Å². The van der Waals surface area contributed by atoms with Crippen molar-refractivity contribution in [3.8, 4) is 0 Å². The normalized spacial score (nSPS) is 47.8. The van der Waals surface area contributed by atoms with Crippen molar-refractivity contribution < 1.29 is 29.6 Å². The minimum Gasteiger partial charge on any atom is -0.394 e. The molecule has 1 heterocycles. The van der Waals surface area contributed by atoms with Crippen LogP contribution < -0.4 is 5.32 Å². The Morgan fingerprint density at radius 2 is 1.67 bits per heavy atom. The predicted octanol–water partition coefficient (Wildman–Crippen LogP) is 5.44. The maximum Gasteiger partial charge on any atom is 0.217 e. The van der Waals surface area contributed by atoms with E-state index in [9.17, 15) is 20.1 Å². The van der Waals surface area contributed by atoms with Gasteiger partial charge in [0, 0.05) is 6.92 Å². The van der Waals surface area contributed by atoms with Gasteiger partial charge in [0.25, 0.3) is 0 Å². The summed E-state index contributed by atoms with van der Waals surface area (Å²) in [6.07, 6.45) is 10.9. The first-order valence-electron chi connectivity index (χ1n) is 17.4. The predicted molar refractivity (Wildman–Crippen MR) is 163 cm³/mol. The molecule has 42 heavy (non-hydrogen) atoms. The summed E-state index contributed by atoms with van der Waals surface area (Å²) in [5.74, 6) is 5.32. The second-order valence-electron chi connectivity index (χ2n) is 16.2. The maximum absolute atomic E-state index is 11.9. The highest BCUT2D eigenvalue weighted by atomic mass is 16.7. The lowest BCUT2D eigenvalue weighted by molar-refractivity contribution is -0.288. The largest absolute Gasteiger partial charge is 0.394 e. The van der Waals surface area contributed by atoms with Gasteiger partial charge in [0.05, 0.1) is 12.7 Å². The summed E-state index contributed by atoms with van der Waals surface area (Å²) < 4.78 is 12.4. The average Bonchev–Trinajstić information content (AvgIpc) is 3.29. The molecule has 7 nitrogen and oxygen atoms in total. The van der Waals surface area contributed by atoms with Crippen LogP contribution in [0.5, 0.6) is 0 Å². The first-order valence-corrected chi connectivity index (χ1v) is 17.4. The first kappa shape index (κ1) is 32.7. The number of aliphatic hydroxyl groups excluding tert-OH is 3. The zero-order valence-electron chi connectivity index (χ0n) is 27.3. The number of hydrogen-bond donors (Lipinski definition) is 4. The van der Waals surface area contributed by atoms with Crippen molar-refractivity contribution in [2.24, 2.45) is 52.3 Å². The van der Waals surface area contributed by atoms with E-state index in [2.05, 4.69) is 39.9 Å². The molecule has 4 N–H and O–H groups in total. The Bertz CT molecular complexity index is 929. The lowest BCUT2D eigenvalue weighted by Gasteiger charge is -2.61. The van der Waals surface area contributed by atoms with Crippen LogP contribution in [0.4, 0.5) is 0 Å².